The predicted molar refractivity (Wildman–Crippen MR) is 73.9 cm³/mol. The Morgan fingerprint density at radius 3 is 2.94 bits per heavy atom. The Bertz CT molecular complexity index is 431. The molecule has 2 heterocycles. The number of thiocarbonyl (C=S) groups is 1. The van der Waals surface area contributed by atoms with Crippen molar-refractivity contribution in [2.45, 2.75) is 19.8 Å². The summed E-state index contributed by atoms with van der Waals surface area (Å²) in [5.41, 5.74) is 7.46. The summed E-state index contributed by atoms with van der Waals surface area (Å²) in [6.45, 7) is 4.24. The molecular formula is C13H18N2O2S. The first-order valence-corrected chi connectivity index (χ1v) is 6.55. The molecule has 1 aromatic rings. The number of aromatic nitrogens is 1. The summed E-state index contributed by atoms with van der Waals surface area (Å²) in [5, 5.41) is 0. The lowest BCUT2D eigenvalue weighted by molar-refractivity contribution is 0.0490. The van der Waals surface area contributed by atoms with Gasteiger partial charge in [0.1, 0.15) is 4.99 Å². The predicted octanol–water partition coefficient (Wildman–Crippen LogP) is 1.83. The molecule has 1 saturated heterocycles. The van der Waals surface area contributed by atoms with Gasteiger partial charge in [-0.3, -0.25) is 0 Å². The Morgan fingerprint density at radius 1 is 1.56 bits per heavy atom. The van der Waals surface area contributed by atoms with Crippen molar-refractivity contribution in [3.05, 3.63) is 23.4 Å². The van der Waals surface area contributed by atoms with Gasteiger partial charge in [0.05, 0.1) is 12.2 Å². The lowest BCUT2D eigenvalue weighted by Gasteiger charge is -2.22. The van der Waals surface area contributed by atoms with Crippen LogP contribution < -0.4 is 10.5 Å². The van der Waals surface area contributed by atoms with Crippen LogP contribution in [0, 0.1) is 12.8 Å². The summed E-state index contributed by atoms with van der Waals surface area (Å²) in [7, 11) is 0. The van der Waals surface area contributed by atoms with E-state index in [1.165, 1.54) is 0 Å². The highest BCUT2D eigenvalue weighted by Crippen LogP contribution is 2.21. The van der Waals surface area contributed by atoms with Gasteiger partial charge < -0.3 is 15.2 Å². The number of aryl methyl sites for hydroxylation is 1. The third-order valence-electron chi connectivity index (χ3n) is 3.17. The van der Waals surface area contributed by atoms with Gasteiger partial charge in [-0.2, -0.15) is 0 Å². The number of nitrogens with two attached hydrogens (primary N) is 1. The van der Waals surface area contributed by atoms with E-state index < -0.39 is 0 Å². The minimum atomic E-state index is 0.336. The second kappa shape index (κ2) is 6.11. The summed E-state index contributed by atoms with van der Waals surface area (Å²) >= 11 is 5.05. The lowest BCUT2D eigenvalue weighted by atomic mass is 10.0. The Kier molecular flexibility index (Phi) is 4.49. The van der Waals surface area contributed by atoms with Crippen LogP contribution in [-0.2, 0) is 4.74 Å². The number of nitrogens with zero attached hydrogens (tertiary/aromatic N) is 1. The van der Waals surface area contributed by atoms with Crippen LogP contribution in [0.2, 0.25) is 0 Å². The lowest BCUT2D eigenvalue weighted by Crippen LogP contribution is -2.23. The fourth-order valence-electron chi connectivity index (χ4n) is 2.05. The van der Waals surface area contributed by atoms with E-state index in [0.717, 1.165) is 37.2 Å². The number of hydrogen-bond acceptors (Lipinski definition) is 4. The molecule has 4 nitrogen and oxygen atoms in total. The van der Waals surface area contributed by atoms with Crippen molar-refractivity contribution >= 4 is 17.2 Å². The van der Waals surface area contributed by atoms with Crippen molar-refractivity contribution < 1.29 is 9.47 Å². The molecule has 0 atom stereocenters. The standard InChI is InChI=1S/C13H18N2O2S/c1-9-2-5-15-13(11(9)12(14)18)17-8-10-3-6-16-7-4-10/h2,5,10H,3-4,6-8H2,1H3,(H2,14,18). The van der Waals surface area contributed by atoms with Crippen molar-refractivity contribution in [1.29, 1.82) is 0 Å². The van der Waals surface area contributed by atoms with Crippen molar-refractivity contribution in [3.63, 3.8) is 0 Å². The van der Waals surface area contributed by atoms with E-state index in [4.69, 9.17) is 27.4 Å². The third-order valence-corrected chi connectivity index (χ3v) is 3.37. The van der Waals surface area contributed by atoms with Gasteiger partial charge in [-0.05, 0) is 37.3 Å². The Balaban J connectivity index is 2.04. The minimum absolute atomic E-state index is 0.336. The van der Waals surface area contributed by atoms with Gasteiger partial charge in [0.25, 0.3) is 0 Å². The molecule has 0 saturated carbocycles. The molecule has 0 spiro atoms. The van der Waals surface area contributed by atoms with Crippen LogP contribution in [0.5, 0.6) is 5.88 Å². The van der Waals surface area contributed by atoms with Gasteiger partial charge >= 0.3 is 0 Å². The normalized spacial score (nSPS) is 16.5. The van der Waals surface area contributed by atoms with Crippen molar-refractivity contribution in [1.82, 2.24) is 4.98 Å². The van der Waals surface area contributed by atoms with Crippen molar-refractivity contribution in [2.24, 2.45) is 11.7 Å². The second-order valence-electron chi connectivity index (χ2n) is 4.54. The molecule has 18 heavy (non-hydrogen) atoms. The fourth-order valence-corrected chi connectivity index (χ4v) is 2.30. The molecule has 0 aliphatic carbocycles. The molecule has 0 unspecified atom stereocenters. The van der Waals surface area contributed by atoms with Crippen LogP contribution in [0.25, 0.3) is 0 Å². The number of ether oxygens (including phenoxy) is 2. The van der Waals surface area contributed by atoms with Crippen molar-refractivity contribution in [3.8, 4) is 5.88 Å². The van der Waals surface area contributed by atoms with Crippen LogP contribution in [-0.4, -0.2) is 29.8 Å². The average molecular weight is 266 g/mol. The van der Waals surface area contributed by atoms with Gasteiger partial charge in [-0.25, -0.2) is 4.98 Å². The van der Waals surface area contributed by atoms with Gasteiger partial charge in [0, 0.05) is 19.4 Å². The Hall–Kier alpha value is -1.20. The van der Waals surface area contributed by atoms with Crippen LogP contribution in [0.15, 0.2) is 12.3 Å². The Labute approximate surface area is 112 Å². The zero-order valence-corrected chi connectivity index (χ0v) is 11.3. The van der Waals surface area contributed by atoms with E-state index in [1.807, 2.05) is 13.0 Å². The highest BCUT2D eigenvalue weighted by atomic mass is 32.1. The largest absolute Gasteiger partial charge is 0.477 e. The zero-order chi connectivity index (χ0) is 13.0. The van der Waals surface area contributed by atoms with Gasteiger partial charge in [-0.1, -0.05) is 12.2 Å². The van der Waals surface area contributed by atoms with Crippen LogP contribution in [0.3, 0.4) is 0 Å². The molecule has 98 valence electrons. The summed E-state index contributed by atoms with van der Waals surface area (Å²) in [5.74, 6) is 1.08. The van der Waals surface area contributed by atoms with Crippen LogP contribution in [0.4, 0.5) is 0 Å². The van der Waals surface area contributed by atoms with Crippen molar-refractivity contribution in [2.75, 3.05) is 19.8 Å². The van der Waals surface area contributed by atoms with E-state index in [-0.39, 0.29) is 0 Å². The SMILES string of the molecule is Cc1ccnc(OCC2CCOCC2)c1C(N)=S. The molecule has 0 bridgehead atoms. The van der Waals surface area contributed by atoms with Crippen LogP contribution in [0.1, 0.15) is 24.0 Å². The molecule has 1 aromatic heterocycles. The maximum Gasteiger partial charge on any atom is 0.223 e. The van der Waals surface area contributed by atoms with E-state index in [2.05, 4.69) is 4.98 Å². The molecule has 1 aliphatic rings. The molecular weight excluding hydrogens is 248 g/mol. The monoisotopic (exact) mass is 266 g/mol. The summed E-state index contributed by atoms with van der Waals surface area (Å²) < 4.78 is 11.1. The maximum absolute atomic E-state index is 5.78. The molecule has 2 rings (SSSR count). The average Bonchev–Trinajstić information content (AvgIpc) is 2.37. The van der Waals surface area contributed by atoms with E-state index in [9.17, 15) is 0 Å². The number of hydrogen-bond donors (Lipinski definition) is 1. The fraction of sp³-hybridized carbons (Fsp3) is 0.538. The molecule has 0 radical (unpaired) electrons. The zero-order valence-electron chi connectivity index (χ0n) is 10.5. The van der Waals surface area contributed by atoms with Gasteiger partial charge in [0.15, 0.2) is 0 Å². The van der Waals surface area contributed by atoms with Gasteiger partial charge in [0.2, 0.25) is 5.88 Å². The summed E-state index contributed by atoms with van der Waals surface area (Å²) in [6, 6.07) is 1.88. The molecule has 1 fully saturated rings. The Morgan fingerprint density at radius 2 is 2.28 bits per heavy atom. The molecule has 5 heteroatoms. The van der Waals surface area contributed by atoms with E-state index in [1.54, 1.807) is 6.20 Å². The van der Waals surface area contributed by atoms with Gasteiger partial charge in [-0.15, -0.1) is 0 Å². The quantitative estimate of drug-likeness (QED) is 0.843. The molecule has 1 aliphatic heterocycles. The van der Waals surface area contributed by atoms with Crippen LogP contribution >= 0.6 is 12.2 Å². The molecule has 0 amide bonds. The first-order valence-electron chi connectivity index (χ1n) is 6.14. The van der Waals surface area contributed by atoms with E-state index in [0.29, 0.717) is 23.4 Å². The van der Waals surface area contributed by atoms with E-state index >= 15 is 0 Å². The first kappa shape index (κ1) is 13.2. The smallest absolute Gasteiger partial charge is 0.223 e. The topological polar surface area (TPSA) is 57.4 Å². The molecule has 0 aromatic carbocycles. The first-order chi connectivity index (χ1) is 8.68. The summed E-state index contributed by atoms with van der Waals surface area (Å²) in [4.78, 5) is 4.56. The maximum atomic E-state index is 5.78. The number of pyridine rings is 1. The second-order valence-corrected chi connectivity index (χ2v) is 4.98. The molecule has 2 N–H and O–H groups in total. The highest BCUT2D eigenvalue weighted by molar-refractivity contribution is 7.80. The minimum Gasteiger partial charge on any atom is -0.477 e. The number of rotatable bonds is 4. The highest BCUT2D eigenvalue weighted by Gasteiger charge is 2.17. The summed E-state index contributed by atoms with van der Waals surface area (Å²) in [6.07, 6.45) is 3.79. The third kappa shape index (κ3) is 3.17.